The Morgan fingerprint density at radius 2 is 2.11 bits per heavy atom. The molecule has 1 aliphatic heterocycles. The smallest absolute Gasteiger partial charge is 0.213 e. The molecule has 0 aromatic carbocycles. The van der Waals surface area contributed by atoms with E-state index in [1.54, 1.807) is 0 Å². The summed E-state index contributed by atoms with van der Waals surface area (Å²) >= 11 is 0. The predicted molar refractivity (Wildman–Crippen MR) is 76.2 cm³/mol. The molecule has 4 nitrogen and oxygen atoms in total. The number of unbranched alkanes of at least 4 members (excludes halogenated alkanes) is 2. The Bertz CT molecular complexity index is 311. The lowest BCUT2D eigenvalue weighted by Gasteiger charge is -2.24. The van der Waals surface area contributed by atoms with Crippen LogP contribution in [0.25, 0.3) is 0 Å². The van der Waals surface area contributed by atoms with Crippen LogP contribution in [-0.2, 0) is 10.0 Å². The van der Waals surface area contributed by atoms with Gasteiger partial charge in [-0.05, 0) is 32.7 Å². The van der Waals surface area contributed by atoms with Crippen molar-refractivity contribution in [2.75, 3.05) is 12.3 Å². The molecule has 1 fully saturated rings. The van der Waals surface area contributed by atoms with Crippen LogP contribution >= 0.6 is 0 Å². The standard InChI is InChI=1S/C13H28N2O2S/c1-3-4-5-8-12(2)15-18(16,17)11-13-9-6-7-10-14-13/h12-15H,3-11H2,1-2H3. The molecule has 0 saturated carbocycles. The summed E-state index contributed by atoms with van der Waals surface area (Å²) in [4.78, 5) is 0. The zero-order chi connectivity index (χ0) is 13.4. The van der Waals surface area contributed by atoms with E-state index in [2.05, 4.69) is 17.0 Å². The third kappa shape index (κ3) is 6.71. The van der Waals surface area contributed by atoms with E-state index in [0.29, 0.717) is 0 Å². The van der Waals surface area contributed by atoms with Gasteiger partial charge < -0.3 is 5.32 Å². The first kappa shape index (κ1) is 15.9. The van der Waals surface area contributed by atoms with Crippen molar-refractivity contribution in [1.82, 2.24) is 10.0 Å². The van der Waals surface area contributed by atoms with Crippen LogP contribution in [0.3, 0.4) is 0 Å². The van der Waals surface area contributed by atoms with Gasteiger partial charge in [-0.2, -0.15) is 0 Å². The summed E-state index contributed by atoms with van der Waals surface area (Å²) in [6.07, 6.45) is 7.66. The number of hydrogen-bond donors (Lipinski definition) is 2. The van der Waals surface area contributed by atoms with Gasteiger partial charge >= 0.3 is 0 Å². The van der Waals surface area contributed by atoms with Gasteiger partial charge in [-0.15, -0.1) is 0 Å². The number of rotatable bonds is 8. The van der Waals surface area contributed by atoms with Crippen molar-refractivity contribution in [1.29, 1.82) is 0 Å². The van der Waals surface area contributed by atoms with E-state index in [0.717, 1.165) is 38.6 Å². The molecular weight excluding hydrogens is 248 g/mol. The van der Waals surface area contributed by atoms with Crippen LogP contribution < -0.4 is 10.0 Å². The van der Waals surface area contributed by atoms with E-state index in [1.165, 1.54) is 12.8 Å². The summed E-state index contributed by atoms with van der Waals surface area (Å²) in [6.45, 7) is 5.07. The van der Waals surface area contributed by atoms with Crippen molar-refractivity contribution in [3.8, 4) is 0 Å². The molecule has 2 N–H and O–H groups in total. The highest BCUT2D eigenvalue weighted by molar-refractivity contribution is 7.89. The average molecular weight is 276 g/mol. The van der Waals surface area contributed by atoms with Gasteiger partial charge in [-0.3, -0.25) is 0 Å². The highest BCUT2D eigenvalue weighted by Crippen LogP contribution is 2.10. The second-order valence-corrected chi connectivity index (χ2v) is 7.24. The minimum Gasteiger partial charge on any atom is -0.313 e. The highest BCUT2D eigenvalue weighted by atomic mass is 32.2. The van der Waals surface area contributed by atoms with Crippen LogP contribution in [0.4, 0.5) is 0 Å². The van der Waals surface area contributed by atoms with Gasteiger partial charge in [0.05, 0.1) is 5.75 Å². The minimum atomic E-state index is -3.13. The van der Waals surface area contributed by atoms with E-state index in [1.807, 2.05) is 6.92 Å². The molecule has 2 atom stereocenters. The molecule has 0 aliphatic carbocycles. The molecule has 1 rings (SSSR count). The fraction of sp³-hybridized carbons (Fsp3) is 1.00. The SMILES string of the molecule is CCCCCC(C)NS(=O)(=O)CC1CCCCN1. The van der Waals surface area contributed by atoms with Gasteiger partial charge in [0.25, 0.3) is 0 Å². The summed E-state index contributed by atoms with van der Waals surface area (Å²) in [6, 6.07) is 0.198. The first-order valence-electron chi connectivity index (χ1n) is 7.27. The third-order valence-electron chi connectivity index (χ3n) is 3.45. The Morgan fingerprint density at radius 3 is 2.72 bits per heavy atom. The molecule has 108 valence electrons. The lowest BCUT2D eigenvalue weighted by molar-refractivity contribution is 0.420. The van der Waals surface area contributed by atoms with Crippen LogP contribution in [0.2, 0.25) is 0 Å². The Morgan fingerprint density at radius 1 is 1.33 bits per heavy atom. The van der Waals surface area contributed by atoms with Crippen LogP contribution in [0, 0.1) is 0 Å². The van der Waals surface area contributed by atoms with E-state index in [9.17, 15) is 8.42 Å². The topological polar surface area (TPSA) is 58.2 Å². The van der Waals surface area contributed by atoms with Crippen molar-refractivity contribution in [3.05, 3.63) is 0 Å². The molecule has 2 unspecified atom stereocenters. The molecule has 0 aromatic rings. The maximum atomic E-state index is 12.0. The lowest BCUT2D eigenvalue weighted by atomic mass is 10.1. The molecule has 5 heteroatoms. The first-order valence-corrected chi connectivity index (χ1v) is 8.92. The Balaban J connectivity index is 2.29. The maximum absolute atomic E-state index is 12.0. The molecule has 18 heavy (non-hydrogen) atoms. The number of hydrogen-bond acceptors (Lipinski definition) is 3. The molecule has 0 amide bonds. The van der Waals surface area contributed by atoms with Gasteiger partial charge in [0.1, 0.15) is 0 Å². The fourth-order valence-corrected chi connectivity index (χ4v) is 4.09. The summed E-state index contributed by atoms with van der Waals surface area (Å²) in [5.41, 5.74) is 0. The zero-order valence-corrected chi connectivity index (χ0v) is 12.6. The monoisotopic (exact) mass is 276 g/mol. The van der Waals surface area contributed by atoms with Crippen molar-refractivity contribution >= 4 is 10.0 Å². The average Bonchev–Trinajstić information content (AvgIpc) is 2.29. The van der Waals surface area contributed by atoms with Crippen LogP contribution in [-0.4, -0.2) is 32.8 Å². The highest BCUT2D eigenvalue weighted by Gasteiger charge is 2.22. The van der Waals surface area contributed by atoms with Crippen molar-refractivity contribution in [2.24, 2.45) is 0 Å². The minimum absolute atomic E-state index is 0.0603. The molecule has 0 aromatic heterocycles. The van der Waals surface area contributed by atoms with Crippen molar-refractivity contribution in [3.63, 3.8) is 0 Å². The van der Waals surface area contributed by atoms with E-state index in [-0.39, 0.29) is 17.8 Å². The molecule has 0 bridgehead atoms. The Kier molecular flexibility index (Phi) is 7.19. The summed E-state index contributed by atoms with van der Waals surface area (Å²) < 4.78 is 26.8. The summed E-state index contributed by atoms with van der Waals surface area (Å²) in [7, 11) is -3.13. The van der Waals surface area contributed by atoms with Crippen molar-refractivity contribution in [2.45, 2.75) is 70.9 Å². The number of nitrogens with one attached hydrogen (secondary N) is 2. The van der Waals surface area contributed by atoms with Gasteiger partial charge in [0.15, 0.2) is 0 Å². The van der Waals surface area contributed by atoms with E-state index in [4.69, 9.17) is 0 Å². The van der Waals surface area contributed by atoms with Crippen LogP contribution in [0.15, 0.2) is 0 Å². The number of sulfonamides is 1. The Hall–Kier alpha value is -0.130. The first-order chi connectivity index (χ1) is 8.53. The predicted octanol–water partition coefficient (Wildman–Crippen LogP) is 2.02. The van der Waals surface area contributed by atoms with Crippen molar-refractivity contribution < 1.29 is 8.42 Å². The largest absolute Gasteiger partial charge is 0.313 e. The molecule has 1 heterocycles. The van der Waals surface area contributed by atoms with Gasteiger partial charge in [0, 0.05) is 12.1 Å². The van der Waals surface area contributed by atoms with Crippen LogP contribution in [0.1, 0.15) is 58.8 Å². The fourth-order valence-electron chi connectivity index (χ4n) is 2.45. The van der Waals surface area contributed by atoms with E-state index < -0.39 is 10.0 Å². The number of piperidine rings is 1. The van der Waals surface area contributed by atoms with Gasteiger partial charge in [0.2, 0.25) is 10.0 Å². The summed E-state index contributed by atoms with van der Waals surface area (Å²) in [5, 5.41) is 3.28. The molecule has 1 aliphatic rings. The normalized spacial score (nSPS) is 22.9. The quantitative estimate of drug-likeness (QED) is 0.667. The van der Waals surface area contributed by atoms with E-state index >= 15 is 0 Å². The van der Waals surface area contributed by atoms with Gasteiger partial charge in [-0.25, -0.2) is 13.1 Å². The second-order valence-electron chi connectivity index (χ2n) is 5.44. The van der Waals surface area contributed by atoms with Gasteiger partial charge in [-0.1, -0.05) is 32.6 Å². The lowest BCUT2D eigenvalue weighted by Crippen LogP contribution is -2.44. The molecule has 0 radical (unpaired) electrons. The molecule has 1 saturated heterocycles. The second kappa shape index (κ2) is 8.12. The summed E-state index contributed by atoms with van der Waals surface area (Å²) in [5.74, 6) is 0.227. The third-order valence-corrected chi connectivity index (χ3v) is 5.06. The zero-order valence-electron chi connectivity index (χ0n) is 11.7. The maximum Gasteiger partial charge on any atom is 0.213 e. The Labute approximate surface area is 112 Å². The molecule has 0 spiro atoms. The molecular formula is C13H28N2O2S. The van der Waals surface area contributed by atoms with Crippen LogP contribution in [0.5, 0.6) is 0 Å².